The molecule has 0 aliphatic carbocycles. The molecular weight excluding hydrogens is 484 g/mol. The van der Waals surface area contributed by atoms with Crippen LogP contribution in [0.3, 0.4) is 0 Å². The Kier molecular flexibility index (Phi) is 7.94. The van der Waals surface area contributed by atoms with E-state index in [1.54, 1.807) is 34.6 Å². The van der Waals surface area contributed by atoms with Crippen molar-refractivity contribution in [3.8, 4) is 0 Å². The fourth-order valence-electron chi connectivity index (χ4n) is 3.06. The molecule has 1 fully saturated rings. The summed E-state index contributed by atoms with van der Waals surface area (Å²) in [6, 6.07) is 9.15. The first-order valence-corrected chi connectivity index (χ1v) is 10.3. The van der Waals surface area contributed by atoms with Crippen molar-refractivity contribution in [3.05, 3.63) is 64.4 Å². The van der Waals surface area contributed by atoms with Crippen molar-refractivity contribution >= 4 is 35.1 Å². The van der Waals surface area contributed by atoms with Crippen LogP contribution < -0.4 is 15.8 Å². The quantitative estimate of drug-likeness (QED) is 0.496. The van der Waals surface area contributed by atoms with Crippen molar-refractivity contribution in [3.63, 3.8) is 0 Å². The summed E-state index contributed by atoms with van der Waals surface area (Å²) in [7, 11) is 0. The standard InChI is InChI=1S/C21H19ClF4N4O4/c22-15-3-5-16(6-4-15)30(20(33)29-7-9-34-10-8-29)12-14-2-1-13(11-17(14)23)18(31)27-28-19(32)21(24,25)26/h1-6,11H,7-10,12H2,(H,27,31)(H,28,32). The number of amides is 4. The lowest BCUT2D eigenvalue weighted by molar-refractivity contribution is -0.174. The van der Waals surface area contributed by atoms with Crippen molar-refractivity contribution in [2.24, 2.45) is 0 Å². The van der Waals surface area contributed by atoms with Gasteiger partial charge in [-0.05, 0) is 36.4 Å². The molecule has 4 amide bonds. The Morgan fingerprint density at radius 3 is 2.26 bits per heavy atom. The van der Waals surface area contributed by atoms with Gasteiger partial charge in [-0.15, -0.1) is 0 Å². The fourth-order valence-corrected chi connectivity index (χ4v) is 3.19. The number of carbonyl (C=O) groups is 3. The van der Waals surface area contributed by atoms with E-state index in [0.717, 1.165) is 12.1 Å². The van der Waals surface area contributed by atoms with Crippen LogP contribution in [0.2, 0.25) is 5.02 Å². The first-order chi connectivity index (χ1) is 16.1. The SMILES string of the molecule is O=C(NNC(=O)C(F)(F)F)c1ccc(CN(C(=O)N2CCOCC2)c2ccc(Cl)cc2)c(F)c1. The second-order valence-electron chi connectivity index (χ2n) is 7.16. The van der Waals surface area contributed by atoms with Crippen molar-refractivity contribution in [2.45, 2.75) is 12.7 Å². The zero-order chi connectivity index (χ0) is 24.9. The molecule has 1 aliphatic rings. The van der Waals surface area contributed by atoms with Gasteiger partial charge in [-0.25, -0.2) is 9.18 Å². The Hall–Kier alpha value is -3.38. The van der Waals surface area contributed by atoms with Crippen LogP contribution in [0, 0.1) is 5.82 Å². The topological polar surface area (TPSA) is 91.0 Å². The molecule has 182 valence electrons. The molecule has 3 rings (SSSR count). The third-order valence-electron chi connectivity index (χ3n) is 4.84. The number of alkyl halides is 3. The highest BCUT2D eigenvalue weighted by Crippen LogP contribution is 2.24. The van der Waals surface area contributed by atoms with Crippen LogP contribution in [0.5, 0.6) is 0 Å². The summed E-state index contributed by atoms with van der Waals surface area (Å²) >= 11 is 5.93. The van der Waals surface area contributed by atoms with Gasteiger partial charge < -0.3 is 9.64 Å². The highest BCUT2D eigenvalue weighted by molar-refractivity contribution is 6.30. The summed E-state index contributed by atoms with van der Waals surface area (Å²) in [5, 5.41) is 0.446. The maximum atomic E-state index is 14.8. The van der Waals surface area contributed by atoms with Crippen LogP contribution in [0.25, 0.3) is 0 Å². The van der Waals surface area contributed by atoms with Gasteiger partial charge >= 0.3 is 18.1 Å². The molecule has 0 unspecified atom stereocenters. The molecule has 0 radical (unpaired) electrons. The van der Waals surface area contributed by atoms with Gasteiger partial charge in [0.25, 0.3) is 5.91 Å². The number of hydrogen-bond donors (Lipinski definition) is 2. The predicted molar refractivity (Wildman–Crippen MR) is 113 cm³/mol. The van der Waals surface area contributed by atoms with Crippen LogP contribution in [-0.2, 0) is 16.1 Å². The summed E-state index contributed by atoms with van der Waals surface area (Å²) in [6.45, 7) is 1.24. The zero-order valence-electron chi connectivity index (χ0n) is 17.5. The number of halogens is 5. The second kappa shape index (κ2) is 10.7. The number of hydrogen-bond acceptors (Lipinski definition) is 4. The monoisotopic (exact) mass is 502 g/mol. The number of ether oxygens (including phenoxy) is 1. The van der Waals surface area contributed by atoms with Crippen molar-refractivity contribution in [1.29, 1.82) is 0 Å². The molecule has 2 aromatic carbocycles. The number of rotatable bonds is 4. The Morgan fingerprint density at radius 1 is 1.03 bits per heavy atom. The van der Waals surface area contributed by atoms with Crippen molar-refractivity contribution in [1.82, 2.24) is 15.8 Å². The van der Waals surface area contributed by atoms with E-state index in [0.29, 0.717) is 37.0 Å². The zero-order valence-corrected chi connectivity index (χ0v) is 18.3. The van der Waals surface area contributed by atoms with E-state index in [4.69, 9.17) is 16.3 Å². The average Bonchev–Trinajstić information content (AvgIpc) is 2.81. The van der Waals surface area contributed by atoms with E-state index in [2.05, 4.69) is 0 Å². The van der Waals surface area contributed by atoms with Crippen LogP contribution in [0.4, 0.5) is 28.0 Å². The minimum Gasteiger partial charge on any atom is -0.378 e. The molecule has 1 heterocycles. The van der Waals surface area contributed by atoms with Crippen LogP contribution in [-0.4, -0.2) is 55.2 Å². The van der Waals surface area contributed by atoms with E-state index in [1.165, 1.54) is 16.4 Å². The summed E-state index contributed by atoms with van der Waals surface area (Å²) in [5.74, 6) is -4.40. The lowest BCUT2D eigenvalue weighted by Crippen LogP contribution is -2.48. The number of nitrogens with one attached hydrogen (secondary N) is 2. The number of nitrogens with zero attached hydrogens (tertiary/aromatic N) is 2. The first-order valence-electron chi connectivity index (χ1n) is 9.92. The maximum Gasteiger partial charge on any atom is 0.472 e. The first kappa shape index (κ1) is 25.2. The fraction of sp³-hybridized carbons (Fsp3) is 0.286. The molecule has 13 heteroatoms. The largest absolute Gasteiger partial charge is 0.472 e. The van der Waals surface area contributed by atoms with Gasteiger partial charge in [0.15, 0.2) is 0 Å². The van der Waals surface area contributed by atoms with Crippen LogP contribution in [0.15, 0.2) is 42.5 Å². The van der Waals surface area contributed by atoms with Gasteiger partial charge in [0, 0.05) is 34.9 Å². The Morgan fingerprint density at radius 2 is 1.68 bits per heavy atom. The van der Waals surface area contributed by atoms with Gasteiger partial charge in [0.05, 0.1) is 19.8 Å². The van der Waals surface area contributed by atoms with Gasteiger partial charge in [-0.3, -0.25) is 25.3 Å². The van der Waals surface area contributed by atoms with Crippen LogP contribution >= 0.6 is 11.6 Å². The number of carbonyl (C=O) groups excluding carboxylic acids is 3. The average molecular weight is 503 g/mol. The molecule has 8 nitrogen and oxygen atoms in total. The minimum absolute atomic E-state index is 0.0486. The van der Waals surface area contributed by atoms with Gasteiger partial charge in [-0.1, -0.05) is 17.7 Å². The molecule has 0 bridgehead atoms. The second-order valence-corrected chi connectivity index (χ2v) is 7.59. The summed E-state index contributed by atoms with van der Waals surface area (Å²) in [6.07, 6.45) is -5.19. The highest BCUT2D eigenvalue weighted by Gasteiger charge is 2.39. The number of hydrazine groups is 1. The molecule has 0 saturated carbocycles. The van der Waals surface area contributed by atoms with E-state index >= 15 is 0 Å². The summed E-state index contributed by atoms with van der Waals surface area (Å²) in [5.41, 5.74) is 2.94. The Labute approximate surface area is 196 Å². The van der Waals surface area contributed by atoms with Crippen molar-refractivity contribution in [2.75, 3.05) is 31.2 Å². The number of benzene rings is 2. The van der Waals surface area contributed by atoms with E-state index in [1.807, 2.05) is 0 Å². The number of morpholine rings is 1. The van der Waals surface area contributed by atoms with E-state index in [-0.39, 0.29) is 23.7 Å². The molecule has 1 aliphatic heterocycles. The Balaban J connectivity index is 1.78. The smallest absolute Gasteiger partial charge is 0.378 e. The molecule has 0 aromatic heterocycles. The maximum absolute atomic E-state index is 14.8. The Bertz CT molecular complexity index is 1060. The van der Waals surface area contributed by atoms with Gasteiger partial charge in [0.1, 0.15) is 5.82 Å². The van der Waals surface area contributed by atoms with Gasteiger partial charge in [-0.2, -0.15) is 13.2 Å². The van der Waals surface area contributed by atoms with E-state index in [9.17, 15) is 31.9 Å². The van der Waals surface area contributed by atoms with Crippen molar-refractivity contribution < 1.29 is 36.7 Å². The molecule has 34 heavy (non-hydrogen) atoms. The molecule has 1 saturated heterocycles. The lowest BCUT2D eigenvalue weighted by Gasteiger charge is -2.33. The molecule has 0 atom stereocenters. The molecule has 2 aromatic rings. The third-order valence-corrected chi connectivity index (χ3v) is 5.09. The minimum atomic E-state index is -5.19. The summed E-state index contributed by atoms with van der Waals surface area (Å²) < 4.78 is 56.8. The van der Waals surface area contributed by atoms with E-state index < -0.39 is 23.8 Å². The number of urea groups is 1. The third kappa shape index (κ3) is 6.35. The molecule has 0 spiro atoms. The highest BCUT2D eigenvalue weighted by atomic mass is 35.5. The normalized spacial score (nSPS) is 13.9. The number of anilines is 1. The molecular formula is C21H19ClF4N4O4. The molecule has 2 N–H and O–H groups in total. The predicted octanol–water partition coefficient (Wildman–Crippen LogP) is 3.26. The lowest BCUT2D eigenvalue weighted by atomic mass is 10.1. The van der Waals surface area contributed by atoms with Crippen LogP contribution in [0.1, 0.15) is 15.9 Å². The van der Waals surface area contributed by atoms with Gasteiger partial charge in [0.2, 0.25) is 0 Å². The summed E-state index contributed by atoms with van der Waals surface area (Å²) in [4.78, 5) is 38.8.